The SMILES string of the molecule is CCCN(C(=O)Nc1ccccc1C(F)(F)F)C(CC)c1nc2ccccc2c(=O)n1CCOC. The molecule has 1 unspecified atom stereocenters. The summed E-state index contributed by atoms with van der Waals surface area (Å²) in [6.07, 6.45) is -3.67. The van der Waals surface area contributed by atoms with E-state index in [0.29, 0.717) is 29.6 Å². The molecule has 7 nitrogen and oxygen atoms in total. The molecule has 35 heavy (non-hydrogen) atoms. The van der Waals surface area contributed by atoms with E-state index < -0.39 is 23.8 Å². The first kappa shape index (κ1) is 26.2. The van der Waals surface area contributed by atoms with Gasteiger partial charge in [0.05, 0.1) is 41.3 Å². The van der Waals surface area contributed by atoms with Crippen molar-refractivity contribution in [2.75, 3.05) is 25.6 Å². The van der Waals surface area contributed by atoms with E-state index >= 15 is 0 Å². The summed E-state index contributed by atoms with van der Waals surface area (Å²) in [7, 11) is 1.52. The number of amides is 2. The third-order valence-electron chi connectivity index (χ3n) is 5.67. The number of rotatable bonds is 9. The number of alkyl halides is 3. The van der Waals surface area contributed by atoms with Crippen molar-refractivity contribution in [3.8, 4) is 0 Å². The Balaban J connectivity index is 2.08. The Hall–Kier alpha value is -3.40. The number of anilines is 1. The fourth-order valence-electron chi connectivity index (χ4n) is 4.05. The van der Waals surface area contributed by atoms with Crippen molar-refractivity contribution in [2.24, 2.45) is 0 Å². The first-order valence-electron chi connectivity index (χ1n) is 11.4. The Morgan fingerprint density at radius 3 is 2.49 bits per heavy atom. The maximum atomic E-state index is 13.5. The predicted octanol–water partition coefficient (Wildman–Crippen LogP) is 5.46. The van der Waals surface area contributed by atoms with Crippen molar-refractivity contribution in [2.45, 2.75) is 45.5 Å². The van der Waals surface area contributed by atoms with Gasteiger partial charge < -0.3 is 15.0 Å². The van der Waals surface area contributed by atoms with Gasteiger partial charge in [-0.05, 0) is 37.1 Å². The summed E-state index contributed by atoms with van der Waals surface area (Å²) >= 11 is 0. The number of para-hydroxylation sites is 2. The first-order chi connectivity index (χ1) is 16.7. The molecule has 2 amide bonds. The summed E-state index contributed by atoms with van der Waals surface area (Å²) in [5, 5.41) is 2.87. The fraction of sp³-hybridized carbons (Fsp3) is 0.400. The van der Waals surface area contributed by atoms with Crippen LogP contribution in [0.25, 0.3) is 10.9 Å². The van der Waals surface area contributed by atoms with E-state index in [1.807, 2.05) is 13.8 Å². The van der Waals surface area contributed by atoms with Crippen LogP contribution in [0.2, 0.25) is 0 Å². The maximum Gasteiger partial charge on any atom is 0.418 e. The van der Waals surface area contributed by atoms with Crippen molar-refractivity contribution in [1.29, 1.82) is 0 Å². The Morgan fingerprint density at radius 2 is 1.83 bits per heavy atom. The molecule has 0 aliphatic heterocycles. The summed E-state index contributed by atoms with van der Waals surface area (Å²) in [6.45, 7) is 4.43. The van der Waals surface area contributed by atoms with Crippen LogP contribution in [-0.2, 0) is 17.5 Å². The zero-order valence-electron chi connectivity index (χ0n) is 19.9. The summed E-state index contributed by atoms with van der Waals surface area (Å²) in [4.78, 5) is 32.8. The average molecular weight is 491 g/mol. The van der Waals surface area contributed by atoms with E-state index in [2.05, 4.69) is 5.32 Å². The Morgan fingerprint density at radius 1 is 1.14 bits per heavy atom. The van der Waals surface area contributed by atoms with Gasteiger partial charge in [0.1, 0.15) is 5.82 Å². The number of urea groups is 1. The zero-order valence-corrected chi connectivity index (χ0v) is 19.9. The molecule has 0 saturated heterocycles. The normalized spacial score (nSPS) is 12.5. The smallest absolute Gasteiger partial charge is 0.383 e. The Labute approximate surface area is 201 Å². The van der Waals surface area contributed by atoms with E-state index in [0.717, 1.165) is 6.07 Å². The van der Waals surface area contributed by atoms with Crippen LogP contribution in [0, 0.1) is 0 Å². The highest BCUT2D eigenvalue weighted by molar-refractivity contribution is 5.90. The lowest BCUT2D eigenvalue weighted by atomic mass is 10.1. The molecule has 1 aromatic heterocycles. The van der Waals surface area contributed by atoms with E-state index in [9.17, 15) is 22.8 Å². The lowest BCUT2D eigenvalue weighted by Crippen LogP contribution is -2.42. The number of fused-ring (bicyclic) bond motifs is 1. The molecular formula is C25H29F3N4O3. The molecule has 3 aromatic rings. The molecule has 10 heteroatoms. The summed E-state index contributed by atoms with van der Waals surface area (Å²) < 4.78 is 47.1. The summed E-state index contributed by atoms with van der Waals surface area (Å²) in [5.74, 6) is 0.362. The van der Waals surface area contributed by atoms with Gasteiger partial charge in [0, 0.05) is 13.7 Å². The van der Waals surface area contributed by atoms with Gasteiger partial charge in [-0.3, -0.25) is 9.36 Å². The number of nitrogens with zero attached hydrogens (tertiary/aromatic N) is 3. The minimum absolute atomic E-state index is 0.220. The van der Waals surface area contributed by atoms with E-state index in [4.69, 9.17) is 9.72 Å². The molecule has 0 spiro atoms. The van der Waals surface area contributed by atoms with Gasteiger partial charge in [0.15, 0.2) is 0 Å². The number of methoxy groups -OCH3 is 1. The second-order valence-electron chi connectivity index (χ2n) is 8.03. The molecule has 188 valence electrons. The van der Waals surface area contributed by atoms with Crippen LogP contribution in [0.5, 0.6) is 0 Å². The van der Waals surface area contributed by atoms with Crippen LogP contribution < -0.4 is 10.9 Å². The van der Waals surface area contributed by atoms with Crippen molar-refractivity contribution in [3.63, 3.8) is 0 Å². The molecule has 1 heterocycles. The number of hydrogen-bond acceptors (Lipinski definition) is 4. The topological polar surface area (TPSA) is 76.5 Å². The molecule has 1 N–H and O–H groups in total. The van der Waals surface area contributed by atoms with Crippen molar-refractivity contribution in [3.05, 3.63) is 70.3 Å². The predicted molar refractivity (Wildman–Crippen MR) is 128 cm³/mol. The number of ether oxygens (including phenoxy) is 1. The Kier molecular flexibility index (Phi) is 8.50. The fourth-order valence-corrected chi connectivity index (χ4v) is 4.05. The molecule has 0 bridgehead atoms. The molecule has 3 rings (SSSR count). The van der Waals surface area contributed by atoms with Crippen molar-refractivity contribution < 1.29 is 22.7 Å². The Bertz CT molecular complexity index is 1230. The number of carbonyl (C=O) groups excluding carboxylic acids is 1. The number of aromatic nitrogens is 2. The molecule has 1 atom stereocenters. The molecule has 0 radical (unpaired) electrons. The monoisotopic (exact) mass is 490 g/mol. The summed E-state index contributed by atoms with van der Waals surface area (Å²) in [6, 6.07) is 10.4. The molecule has 0 aliphatic rings. The van der Waals surface area contributed by atoms with Gasteiger partial charge in [-0.15, -0.1) is 0 Å². The van der Waals surface area contributed by atoms with Gasteiger partial charge in [-0.2, -0.15) is 13.2 Å². The molecule has 0 saturated carbocycles. The first-order valence-corrected chi connectivity index (χ1v) is 11.4. The molecule has 0 aliphatic carbocycles. The third kappa shape index (κ3) is 5.82. The van der Waals surface area contributed by atoms with Crippen LogP contribution in [0.1, 0.15) is 44.1 Å². The van der Waals surface area contributed by atoms with Gasteiger partial charge in [0.25, 0.3) is 5.56 Å². The minimum Gasteiger partial charge on any atom is -0.383 e. The van der Waals surface area contributed by atoms with Gasteiger partial charge >= 0.3 is 12.2 Å². The standard InChI is InChI=1S/C25H29F3N4O3/c1-4-14-31(24(34)30-20-13-9-7-11-18(20)25(26,27)28)21(5-2)22-29-19-12-8-6-10-17(19)23(33)32(22)15-16-35-3/h6-13,21H,4-5,14-16H2,1-3H3,(H,30,34). The van der Waals surface area contributed by atoms with Crippen molar-refractivity contribution >= 4 is 22.6 Å². The number of benzene rings is 2. The van der Waals surface area contributed by atoms with Crippen LogP contribution in [0.15, 0.2) is 53.3 Å². The van der Waals surface area contributed by atoms with Crippen LogP contribution in [0.3, 0.4) is 0 Å². The number of nitrogens with one attached hydrogen (secondary N) is 1. The molecule has 2 aromatic carbocycles. The van der Waals surface area contributed by atoms with Gasteiger partial charge in [-0.1, -0.05) is 38.1 Å². The van der Waals surface area contributed by atoms with E-state index in [1.54, 1.807) is 24.3 Å². The number of hydrogen-bond donors (Lipinski definition) is 1. The average Bonchev–Trinajstić information content (AvgIpc) is 2.83. The summed E-state index contributed by atoms with van der Waals surface area (Å²) in [5.41, 5.74) is -1.04. The third-order valence-corrected chi connectivity index (χ3v) is 5.67. The van der Waals surface area contributed by atoms with Crippen molar-refractivity contribution in [1.82, 2.24) is 14.5 Å². The zero-order chi connectivity index (χ0) is 25.6. The maximum absolute atomic E-state index is 13.5. The lowest BCUT2D eigenvalue weighted by molar-refractivity contribution is -0.136. The molecule has 0 fully saturated rings. The second kappa shape index (κ2) is 11.4. The van der Waals surface area contributed by atoms with Crippen LogP contribution in [-0.4, -0.2) is 40.7 Å². The van der Waals surface area contributed by atoms with E-state index in [-0.39, 0.29) is 30.9 Å². The quantitative estimate of drug-likeness (QED) is 0.432. The highest BCUT2D eigenvalue weighted by Crippen LogP contribution is 2.35. The van der Waals surface area contributed by atoms with E-state index in [1.165, 1.54) is 34.8 Å². The van der Waals surface area contributed by atoms with Crippen LogP contribution in [0.4, 0.5) is 23.7 Å². The number of halogens is 3. The largest absolute Gasteiger partial charge is 0.418 e. The lowest BCUT2D eigenvalue weighted by Gasteiger charge is -2.32. The second-order valence-corrected chi connectivity index (χ2v) is 8.03. The highest BCUT2D eigenvalue weighted by Gasteiger charge is 2.35. The van der Waals surface area contributed by atoms with Gasteiger partial charge in [-0.25, -0.2) is 9.78 Å². The highest BCUT2D eigenvalue weighted by atomic mass is 19.4. The minimum atomic E-state index is -4.62. The number of carbonyl (C=O) groups is 1. The van der Waals surface area contributed by atoms with Gasteiger partial charge in [0.2, 0.25) is 0 Å². The van der Waals surface area contributed by atoms with Crippen LogP contribution >= 0.6 is 0 Å². The molecular weight excluding hydrogens is 461 g/mol.